The van der Waals surface area contributed by atoms with E-state index < -0.39 is 11.8 Å². The second-order valence-corrected chi connectivity index (χ2v) is 5.01. The largest absolute Gasteiger partial charge is 0.329 e. The van der Waals surface area contributed by atoms with Gasteiger partial charge in [0.15, 0.2) is 0 Å². The lowest BCUT2D eigenvalue weighted by Crippen LogP contribution is -2.51. The normalized spacial score (nSPS) is 22.9. The van der Waals surface area contributed by atoms with Crippen molar-refractivity contribution < 1.29 is 9.59 Å². The van der Waals surface area contributed by atoms with Crippen LogP contribution in [0.3, 0.4) is 0 Å². The van der Waals surface area contributed by atoms with E-state index in [-0.39, 0.29) is 12.1 Å². The van der Waals surface area contributed by atoms with E-state index in [9.17, 15) is 9.59 Å². The minimum atomic E-state index is -0.612. The topological polar surface area (TPSA) is 62.3 Å². The fourth-order valence-corrected chi connectivity index (χ4v) is 2.55. The van der Waals surface area contributed by atoms with Gasteiger partial charge in [-0.05, 0) is 45.2 Å². The van der Waals surface area contributed by atoms with E-state index in [1.165, 1.54) is 0 Å². The maximum atomic E-state index is 12.2. The Bertz CT molecular complexity index is 451. The molecule has 2 heterocycles. The van der Waals surface area contributed by atoms with Crippen LogP contribution < -0.4 is 5.32 Å². The molecule has 0 aliphatic carbocycles. The van der Waals surface area contributed by atoms with Crippen LogP contribution in [0.25, 0.3) is 0 Å². The number of carbonyl (C=O) groups is 2. The first-order valence-electron chi connectivity index (χ1n) is 6.64. The van der Waals surface area contributed by atoms with Crippen molar-refractivity contribution in [1.29, 1.82) is 0 Å². The molecule has 19 heavy (non-hydrogen) atoms. The number of anilines is 1. The molecule has 1 N–H and O–H groups in total. The van der Waals surface area contributed by atoms with Gasteiger partial charge in [-0.25, -0.2) is 4.98 Å². The fourth-order valence-electron chi connectivity index (χ4n) is 2.55. The molecule has 2 atom stereocenters. The third-order valence-corrected chi connectivity index (χ3v) is 3.53. The summed E-state index contributed by atoms with van der Waals surface area (Å²) in [7, 11) is 0. The minimum absolute atomic E-state index is 0.116. The zero-order valence-corrected chi connectivity index (χ0v) is 11.3. The zero-order chi connectivity index (χ0) is 13.8. The number of rotatable bonds is 1. The van der Waals surface area contributed by atoms with Gasteiger partial charge in [-0.3, -0.25) is 9.59 Å². The van der Waals surface area contributed by atoms with Crippen molar-refractivity contribution >= 4 is 17.6 Å². The molecule has 5 nitrogen and oxygen atoms in total. The van der Waals surface area contributed by atoms with Crippen LogP contribution in [0, 0.1) is 0 Å². The third kappa shape index (κ3) is 3.10. The van der Waals surface area contributed by atoms with Crippen molar-refractivity contribution in [2.24, 2.45) is 0 Å². The Morgan fingerprint density at radius 1 is 1.26 bits per heavy atom. The van der Waals surface area contributed by atoms with Crippen LogP contribution in [0.2, 0.25) is 0 Å². The van der Waals surface area contributed by atoms with Gasteiger partial charge < -0.3 is 10.2 Å². The molecular formula is C14H19N3O2. The second kappa shape index (κ2) is 5.82. The molecule has 0 radical (unpaired) electrons. The van der Waals surface area contributed by atoms with Gasteiger partial charge in [0.2, 0.25) is 0 Å². The number of pyridine rings is 1. The molecule has 2 amide bonds. The van der Waals surface area contributed by atoms with Crippen molar-refractivity contribution in [2.75, 3.05) is 5.32 Å². The number of nitrogens with zero attached hydrogens (tertiary/aromatic N) is 2. The predicted molar refractivity (Wildman–Crippen MR) is 72.5 cm³/mol. The van der Waals surface area contributed by atoms with Gasteiger partial charge in [-0.2, -0.15) is 0 Å². The van der Waals surface area contributed by atoms with Crippen LogP contribution in [-0.4, -0.2) is 33.8 Å². The Morgan fingerprint density at radius 3 is 2.53 bits per heavy atom. The van der Waals surface area contributed by atoms with E-state index in [1.54, 1.807) is 29.3 Å². The monoisotopic (exact) mass is 261 g/mol. The molecule has 5 heteroatoms. The first-order chi connectivity index (χ1) is 9.09. The van der Waals surface area contributed by atoms with Crippen LogP contribution in [0.15, 0.2) is 24.4 Å². The molecule has 0 aromatic carbocycles. The number of aromatic nitrogens is 1. The van der Waals surface area contributed by atoms with E-state index in [0.29, 0.717) is 5.82 Å². The molecule has 102 valence electrons. The van der Waals surface area contributed by atoms with E-state index in [1.807, 2.05) is 13.8 Å². The molecule has 1 fully saturated rings. The van der Waals surface area contributed by atoms with Crippen LogP contribution in [0.4, 0.5) is 5.82 Å². The summed E-state index contributed by atoms with van der Waals surface area (Å²) in [6.45, 7) is 3.98. The molecule has 1 aliphatic rings. The van der Waals surface area contributed by atoms with Crippen LogP contribution >= 0.6 is 0 Å². The molecule has 2 unspecified atom stereocenters. The first-order valence-corrected chi connectivity index (χ1v) is 6.64. The number of piperidine rings is 1. The van der Waals surface area contributed by atoms with Gasteiger partial charge in [-0.15, -0.1) is 0 Å². The minimum Gasteiger partial charge on any atom is -0.329 e. The van der Waals surface area contributed by atoms with E-state index >= 15 is 0 Å². The molecule has 0 bridgehead atoms. The fraction of sp³-hybridized carbons (Fsp3) is 0.500. The summed E-state index contributed by atoms with van der Waals surface area (Å²) in [6.07, 6.45) is 4.58. The zero-order valence-electron chi connectivity index (χ0n) is 11.3. The van der Waals surface area contributed by atoms with E-state index in [2.05, 4.69) is 10.3 Å². The Kier molecular flexibility index (Phi) is 4.14. The standard InChI is InChI=1S/C14H19N3O2/c1-10-6-5-7-11(2)17(10)14(19)13(18)16-12-8-3-4-9-15-12/h3-4,8-11H,5-7H2,1-2H3,(H,15,16,18). The lowest BCUT2D eigenvalue weighted by atomic mass is 9.97. The number of likely N-dealkylation sites (tertiary alicyclic amines) is 1. The van der Waals surface area contributed by atoms with Gasteiger partial charge in [0.1, 0.15) is 5.82 Å². The van der Waals surface area contributed by atoms with E-state index in [0.717, 1.165) is 19.3 Å². The summed E-state index contributed by atoms with van der Waals surface area (Å²) in [6, 6.07) is 5.41. The summed E-state index contributed by atoms with van der Waals surface area (Å²) in [5, 5.41) is 2.54. The van der Waals surface area contributed by atoms with Crippen molar-refractivity contribution in [3.63, 3.8) is 0 Å². The SMILES string of the molecule is CC1CCCC(C)N1C(=O)C(=O)Nc1ccccn1. The number of amides is 2. The quantitative estimate of drug-likeness (QED) is 0.784. The summed E-state index contributed by atoms with van der Waals surface area (Å²) >= 11 is 0. The summed E-state index contributed by atoms with van der Waals surface area (Å²) < 4.78 is 0. The predicted octanol–water partition coefficient (Wildman–Crippen LogP) is 1.81. The highest BCUT2D eigenvalue weighted by Gasteiger charge is 2.32. The number of carbonyl (C=O) groups excluding carboxylic acids is 2. The van der Waals surface area contributed by atoms with Crippen LogP contribution in [0.1, 0.15) is 33.1 Å². The molecule has 2 rings (SSSR count). The molecule has 0 saturated carbocycles. The molecule has 0 spiro atoms. The van der Waals surface area contributed by atoms with Gasteiger partial charge in [0.05, 0.1) is 0 Å². The van der Waals surface area contributed by atoms with Gasteiger partial charge in [0, 0.05) is 18.3 Å². The smallest absolute Gasteiger partial charge is 0.315 e. The first kappa shape index (κ1) is 13.5. The number of hydrogen-bond acceptors (Lipinski definition) is 3. The molecule has 1 aliphatic heterocycles. The molecule has 1 aromatic rings. The highest BCUT2D eigenvalue weighted by Crippen LogP contribution is 2.22. The molecular weight excluding hydrogens is 242 g/mol. The second-order valence-electron chi connectivity index (χ2n) is 5.01. The van der Waals surface area contributed by atoms with Crippen molar-refractivity contribution in [1.82, 2.24) is 9.88 Å². The molecule has 1 aromatic heterocycles. The van der Waals surface area contributed by atoms with E-state index in [4.69, 9.17) is 0 Å². The third-order valence-electron chi connectivity index (χ3n) is 3.53. The Hall–Kier alpha value is -1.91. The highest BCUT2D eigenvalue weighted by molar-refractivity contribution is 6.39. The summed E-state index contributed by atoms with van der Waals surface area (Å²) in [4.78, 5) is 29.8. The lowest BCUT2D eigenvalue weighted by Gasteiger charge is -2.38. The van der Waals surface area contributed by atoms with Crippen LogP contribution in [-0.2, 0) is 9.59 Å². The van der Waals surface area contributed by atoms with Crippen molar-refractivity contribution in [3.8, 4) is 0 Å². The average Bonchev–Trinajstić information content (AvgIpc) is 2.39. The average molecular weight is 261 g/mol. The van der Waals surface area contributed by atoms with Gasteiger partial charge in [-0.1, -0.05) is 6.07 Å². The number of hydrogen-bond donors (Lipinski definition) is 1. The van der Waals surface area contributed by atoms with Crippen LogP contribution in [0.5, 0.6) is 0 Å². The summed E-state index contributed by atoms with van der Waals surface area (Å²) in [5.74, 6) is -0.678. The number of nitrogens with one attached hydrogen (secondary N) is 1. The van der Waals surface area contributed by atoms with Gasteiger partial charge in [0.25, 0.3) is 0 Å². The lowest BCUT2D eigenvalue weighted by molar-refractivity contribution is -0.147. The molecule has 1 saturated heterocycles. The van der Waals surface area contributed by atoms with Crippen molar-refractivity contribution in [2.45, 2.75) is 45.2 Å². The summed E-state index contributed by atoms with van der Waals surface area (Å²) in [5.41, 5.74) is 0. The Morgan fingerprint density at radius 2 is 1.95 bits per heavy atom. The van der Waals surface area contributed by atoms with Crippen molar-refractivity contribution in [3.05, 3.63) is 24.4 Å². The maximum Gasteiger partial charge on any atom is 0.315 e. The highest BCUT2D eigenvalue weighted by atomic mass is 16.2. The van der Waals surface area contributed by atoms with Gasteiger partial charge >= 0.3 is 11.8 Å². The Labute approximate surface area is 113 Å². The Balaban J connectivity index is 2.04. The maximum absolute atomic E-state index is 12.2.